The van der Waals surface area contributed by atoms with Gasteiger partial charge in [0.05, 0.1) is 29.8 Å². The van der Waals surface area contributed by atoms with Gasteiger partial charge in [0, 0.05) is 25.4 Å². The minimum absolute atomic E-state index is 0.273. The fourth-order valence-electron chi connectivity index (χ4n) is 3.32. The maximum Gasteiger partial charge on any atom is 0.335 e. The highest BCUT2D eigenvalue weighted by Gasteiger charge is 2.19. The van der Waals surface area contributed by atoms with E-state index in [0.717, 1.165) is 49.6 Å². The molecule has 0 saturated carbocycles. The fraction of sp³-hybridized carbons (Fsp3) is 0.450. The first-order valence-corrected chi connectivity index (χ1v) is 9.01. The quantitative estimate of drug-likeness (QED) is 0.823. The molecule has 6 heteroatoms. The van der Waals surface area contributed by atoms with Crippen molar-refractivity contribution in [1.29, 1.82) is 0 Å². The molecule has 1 fully saturated rings. The van der Waals surface area contributed by atoms with Crippen molar-refractivity contribution < 1.29 is 14.6 Å². The van der Waals surface area contributed by atoms with E-state index in [1.807, 2.05) is 6.20 Å². The minimum Gasteiger partial charge on any atom is -0.478 e. The third-order valence-electron chi connectivity index (χ3n) is 4.95. The molecule has 0 unspecified atom stereocenters. The summed E-state index contributed by atoms with van der Waals surface area (Å²) >= 11 is 0. The molecule has 1 aromatic carbocycles. The molecule has 0 amide bonds. The van der Waals surface area contributed by atoms with Crippen LogP contribution < -0.4 is 0 Å². The highest BCUT2D eigenvalue weighted by Crippen LogP contribution is 2.22. The second-order valence-corrected chi connectivity index (χ2v) is 6.76. The summed E-state index contributed by atoms with van der Waals surface area (Å²) in [6, 6.07) is 6.71. The zero-order valence-electron chi connectivity index (χ0n) is 15.1. The van der Waals surface area contributed by atoms with Crippen molar-refractivity contribution in [3.05, 3.63) is 47.9 Å². The van der Waals surface area contributed by atoms with E-state index in [2.05, 4.69) is 14.9 Å². The first kappa shape index (κ1) is 18.5. The number of ether oxygens (including phenoxy) is 1. The Morgan fingerprint density at radius 1 is 1.19 bits per heavy atom. The lowest BCUT2D eigenvalue weighted by Crippen LogP contribution is -2.36. The molecule has 0 radical (unpaired) electrons. The van der Waals surface area contributed by atoms with E-state index in [-0.39, 0.29) is 5.56 Å². The third-order valence-corrected chi connectivity index (χ3v) is 4.95. The molecular weight excluding hydrogens is 330 g/mol. The molecule has 1 aliphatic heterocycles. The van der Waals surface area contributed by atoms with Gasteiger partial charge in [-0.25, -0.2) is 4.79 Å². The second kappa shape index (κ2) is 8.87. The van der Waals surface area contributed by atoms with Crippen LogP contribution in [0.15, 0.2) is 36.7 Å². The molecule has 1 aliphatic rings. The van der Waals surface area contributed by atoms with E-state index < -0.39 is 5.97 Å². The molecule has 0 spiro atoms. The molecule has 6 nitrogen and oxygen atoms in total. The van der Waals surface area contributed by atoms with E-state index in [0.29, 0.717) is 5.92 Å². The lowest BCUT2D eigenvalue weighted by molar-refractivity contribution is 0.0697. The standard InChI is InChI=1S/C20H25N3O3/c1-26-11-10-23-8-6-15(7-9-23)12-18-13-22-19(14-21-18)16-2-4-17(5-3-16)20(24)25/h2-5,13-15H,6-12H2,1H3,(H,24,25). The first-order valence-electron chi connectivity index (χ1n) is 9.01. The van der Waals surface area contributed by atoms with E-state index in [9.17, 15) is 4.79 Å². The predicted octanol–water partition coefficient (Wildman–Crippen LogP) is 2.74. The van der Waals surface area contributed by atoms with Crippen molar-refractivity contribution in [2.24, 2.45) is 5.92 Å². The van der Waals surface area contributed by atoms with Gasteiger partial charge >= 0.3 is 5.97 Å². The maximum absolute atomic E-state index is 10.9. The lowest BCUT2D eigenvalue weighted by atomic mass is 9.92. The van der Waals surface area contributed by atoms with Gasteiger partial charge in [-0.2, -0.15) is 0 Å². The van der Waals surface area contributed by atoms with Crippen LogP contribution >= 0.6 is 0 Å². The number of benzene rings is 1. The number of carbonyl (C=O) groups is 1. The van der Waals surface area contributed by atoms with Crippen LogP contribution in [0.4, 0.5) is 0 Å². The zero-order chi connectivity index (χ0) is 18.4. The van der Waals surface area contributed by atoms with Crippen LogP contribution in [0.25, 0.3) is 11.3 Å². The summed E-state index contributed by atoms with van der Waals surface area (Å²) in [5, 5.41) is 8.96. The molecule has 0 atom stereocenters. The van der Waals surface area contributed by atoms with Crippen LogP contribution in [0.3, 0.4) is 0 Å². The molecule has 2 heterocycles. The SMILES string of the molecule is COCCN1CCC(Cc2cnc(-c3ccc(C(=O)O)cc3)cn2)CC1. The van der Waals surface area contributed by atoms with E-state index in [1.165, 1.54) is 12.8 Å². The van der Waals surface area contributed by atoms with Crippen molar-refractivity contribution >= 4 is 5.97 Å². The smallest absolute Gasteiger partial charge is 0.335 e. The van der Waals surface area contributed by atoms with E-state index >= 15 is 0 Å². The normalized spacial score (nSPS) is 15.9. The van der Waals surface area contributed by atoms with Gasteiger partial charge in [0.2, 0.25) is 0 Å². The van der Waals surface area contributed by atoms with Gasteiger partial charge in [0.15, 0.2) is 0 Å². The first-order chi connectivity index (χ1) is 12.7. The number of rotatable bonds is 7. The van der Waals surface area contributed by atoms with Gasteiger partial charge in [-0.15, -0.1) is 0 Å². The van der Waals surface area contributed by atoms with Gasteiger partial charge in [-0.1, -0.05) is 12.1 Å². The second-order valence-electron chi connectivity index (χ2n) is 6.76. The van der Waals surface area contributed by atoms with E-state index in [1.54, 1.807) is 37.6 Å². The largest absolute Gasteiger partial charge is 0.478 e. The fourth-order valence-corrected chi connectivity index (χ4v) is 3.32. The average molecular weight is 355 g/mol. The zero-order valence-corrected chi connectivity index (χ0v) is 15.1. The summed E-state index contributed by atoms with van der Waals surface area (Å²) in [5.74, 6) is -0.268. The Kier molecular flexibility index (Phi) is 6.30. The molecule has 1 saturated heterocycles. The monoisotopic (exact) mass is 355 g/mol. The van der Waals surface area contributed by atoms with Gasteiger partial charge in [-0.3, -0.25) is 9.97 Å². The maximum atomic E-state index is 10.9. The molecule has 2 aromatic rings. The van der Waals surface area contributed by atoms with Crippen LogP contribution in [0.1, 0.15) is 28.9 Å². The van der Waals surface area contributed by atoms with Gasteiger partial charge in [-0.05, 0) is 50.4 Å². The third kappa shape index (κ3) is 4.86. The molecule has 1 aromatic heterocycles. The molecule has 0 aliphatic carbocycles. The Morgan fingerprint density at radius 2 is 1.92 bits per heavy atom. The number of nitrogens with zero attached hydrogens (tertiary/aromatic N) is 3. The minimum atomic E-state index is -0.925. The van der Waals surface area contributed by atoms with Gasteiger partial charge in [0.1, 0.15) is 0 Å². The average Bonchev–Trinajstić information content (AvgIpc) is 2.68. The molecule has 1 N–H and O–H groups in total. The van der Waals surface area contributed by atoms with Crippen LogP contribution in [0.5, 0.6) is 0 Å². The summed E-state index contributed by atoms with van der Waals surface area (Å²) in [5.41, 5.74) is 2.93. The number of hydrogen-bond acceptors (Lipinski definition) is 5. The molecular formula is C20H25N3O3. The molecule has 138 valence electrons. The number of carboxylic acid groups (broad SMARTS) is 1. The van der Waals surface area contributed by atoms with Crippen molar-refractivity contribution in [3.8, 4) is 11.3 Å². The summed E-state index contributed by atoms with van der Waals surface area (Å²) < 4.78 is 5.14. The van der Waals surface area contributed by atoms with Gasteiger partial charge < -0.3 is 14.7 Å². The van der Waals surface area contributed by atoms with Crippen LogP contribution in [0, 0.1) is 5.92 Å². The Bertz CT molecular complexity index is 708. The predicted molar refractivity (Wildman–Crippen MR) is 99.2 cm³/mol. The van der Waals surface area contributed by atoms with Crippen molar-refractivity contribution in [3.63, 3.8) is 0 Å². The van der Waals surface area contributed by atoms with Crippen LogP contribution in [-0.4, -0.2) is 59.3 Å². The Morgan fingerprint density at radius 3 is 2.50 bits per heavy atom. The number of aromatic nitrogens is 2. The number of hydrogen-bond donors (Lipinski definition) is 1. The Balaban J connectivity index is 1.54. The molecule has 3 rings (SSSR count). The summed E-state index contributed by atoms with van der Waals surface area (Å²) in [6.07, 6.45) is 6.95. The lowest BCUT2D eigenvalue weighted by Gasteiger charge is -2.31. The molecule has 0 bridgehead atoms. The molecule has 26 heavy (non-hydrogen) atoms. The van der Waals surface area contributed by atoms with Gasteiger partial charge in [0.25, 0.3) is 0 Å². The Hall–Kier alpha value is -2.31. The van der Waals surface area contributed by atoms with Crippen molar-refractivity contribution in [2.45, 2.75) is 19.3 Å². The van der Waals surface area contributed by atoms with Crippen molar-refractivity contribution in [1.82, 2.24) is 14.9 Å². The number of carboxylic acids is 1. The highest BCUT2D eigenvalue weighted by molar-refractivity contribution is 5.88. The van der Waals surface area contributed by atoms with Crippen molar-refractivity contribution in [2.75, 3.05) is 33.4 Å². The topological polar surface area (TPSA) is 75.5 Å². The number of aromatic carboxylic acids is 1. The van der Waals surface area contributed by atoms with E-state index in [4.69, 9.17) is 9.84 Å². The highest BCUT2D eigenvalue weighted by atomic mass is 16.5. The summed E-state index contributed by atoms with van der Waals surface area (Å²) in [6.45, 7) is 4.05. The Labute approximate surface area is 153 Å². The van der Waals surface area contributed by atoms with Crippen LogP contribution in [-0.2, 0) is 11.2 Å². The number of likely N-dealkylation sites (tertiary alicyclic amines) is 1. The summed E-state index contributed by atoms with van der Waals surface area (Å²) in [7, 11) is 1.75. The number of methoxy groups -OCH3 is 1. The van der Waals surface area contributed by atoms with Crippen LogP contribution in [0.2, 0.25) is 0 Å². The summed E-state index contributed by atoms with van der Waals surface area (Å²) in [4.78, 5) is 22.4. The number of piperidine rings is 1.